The third-order valence-corrected chi connectivity index (χ3v) is 5.40. The zero-order chi connectivity index (χ0) is 18.4. The van der Waals surface area contributed by atoms with Crippen LogP contribution in [0.2, 0.25) is 10.0 Å². The molecule has 1 aromatic heterocycles. The molecule has 0 aliphatic heterocycles. The second-order valence-corrected chi connectivity index (χ2v) is 8.03. The van der Waals surface area contributed by atoms with Crippen LogP contribution >= 0.6 is 23.2 Å². The fourth-order valence-corrected chi connectivity index (χ4v) is 3.40. The van der Waals surface area contributed by atoms with Crippen LogP contribution < -0.4 is 5.32 Å². The van der Waals surface area contributed by atoms with E-state index in [0.717, 1.165) is 12.8 Å². The highest BCUT2D eigenvalue weighted by atomic mass is 35.5. The van der Waals surface area contributed by atoms with Gasteiger partial charge in [0, 0.05) is 6.42 Å². The summed E-state index contributed by atoms with van der Waals surface area (Å²) in [4.78, 5) is 11.5. The van der Waals surface area contributed by atoms with Crippen LogP contribution in [-0.4, -0.2) is 24.5 Å². The summed E-state index contributed by atoms with van der Waals surface area (Å²) < 4.78 is 29.8. The van der Waals surface area contributed by atoms with Crippen molar-refractivity contribution in [2.24, 2.45) is 0 Å². The van der Waals surface area contributed by atoms with Gasteiger partial charge in [0.15, 0.2) is 0 Å². The van der Waals surface area contributed by atoms with E-state index in [1.54, 1.807) is 6.07 Å². The van der Waals surface area contributed by atoms with Gasteiger partial charge in [-0.2, -0.15) is 0 Å². The van der Waals surface area contributed by atoms with E-state index in [2.05, 4.69) is 15.5 Å². The Balaban J connectivity index is 2.01. The van der Waals surface area contributed by atoms with E-state index < -0.39 is 15.1 Å². The van der Waals surface area contributed by atoms with E-state index >= 15 is 0 Å². The number of carbonyl (C=O) groups is 1. The summed E-state index contributed by atoms with van der Waals surface area (Å²) in [5.74, 6) is -0.480. The first-order valence-corrected chi connectivity index (χ1v) is 9.98. The standard InChI is InChI=1S/C15H17Cl2N3O4S/c1-2-3-4-13(21)18-8-14-19-20-15(24-14)25(22,23)9-10-5-6-11(16)12(17)7-10/h5-7H,2-4,8-9H2,1H3,(H,18,21). The molecule has 7 nitrogen and oxygen atoms in total. The van der Waals surface area contributed by atoms with E-state index in [-0.39, 0.29) is 29.1 Å². The lowest BCUT2D eigenvalue weighted by Crippen LogP contribution is -2.22. The predicted molar refractivity (Wildman–Crippen MR) is 93.0 cm³/mol. The SMILES string of the molecule is CCCCC(=O)NCc1nnc(S(=O)(=O)Cc2ccc(Cl)c(Cl)c2)o1. The van der Waals surface area contributed by atoms with Crippen molar-refractivity contribution in [2.75, 3.05) is 0 Å². The second kappa shape index (κ2) is 8.64. The molecule has 2 aromatic rings. The van der Waals surface area contributed by atoms with Crippen molar-refractivity contribution < 1.29 is 17.6 Å². The zero-order valence-electron chi connectivity index (χ0n) is 13.5. The normalized spacial score (nSPS) is 11.5. The number of halogens is 2. The number of amides is 1. The van der Waals surface area contributed by atoms with Gasteiger partial charge in [-0.1, -0.05) is 47.7 Å². The van der Waals surface area contributed by atoms with Crippen LogP contribution in [0.1, 0.15) is 37.6 Å². The number of nitrogens with one attached hydrogen (secondary N) is 1. The van der Waals surface area contributed by atoms with Crippen molar-refractivity contribution in [1.29, 1.82) is 0 Å². The molecule has 0 bridgehead atoms. The first kappa shape index (κ1) is 19.7. The van der Waals surface area contributed by atoms with Crippen LogP contribution in [0.5, 0.6) is 0 Å². The second-order valence-electron chi connectivity index (χ2n) is 5.35. The molecule has 0 radical (unpaired) electrons. The van der Waals surface area contributed by atoms with Gasteiger partial charge >= 0.3 is 5.22 Å². The van der Waals surface area contributed by atoms with Crippen LogP contribution in [0.4, 0.5) is 0 Å². The Hall–Kier alpha value is -1.64. The molecule has 10 heteroatoms. The molecule has 0 atom stereocenters. The highest BCUT2D eigenvalue weighted by Crippen LogP contribution is 2.24. The Morgan fingerprint density at radius 2 is 2.00 bits per heavy atom. The summed E-state index contributed by atoms with van der Waals surface area (Å²) >= 11 is 11.7. The summed E-state index contributed by atoms with van der Waals surface area (Å²) in [7, 11) is -3.83. The molecule has 136 valence electrons. The average Bonchev–Trinajstić information content (AvgIpc) is 3.04. The van der Waals surface area contributed by atoms with Gasteiger partial charge in [0.2, 0.25) is 21.6 Å². The molecule has 1 aromatic carbocycles. The molecule has 0 aliphatic rings. The zero-order valence-corrected chi connectivity index (χ0v) is 15.8. The molecule has 0 fully saturated rings. The Morgan fingerprint density at radius 1 is 1.24 bits per heavy atom. The molecule has 0 unspecified atom stereocenters. The summed E-state index contributed by atoms with van der Waals surface area (Å²) in [6.07, 6.45) is 2.08. The first-order valence-electron chi connectivity index (χ1n) is 7.57. The molecule has 2 rings (SSSR count). The van der Waals surface area contributed by atoms with E-state index in [4.69, 9.17) is 27.6 Å². The molecular formula is C15H17Cl2N3O4S. The largest absolute Gasteiger partial charge is 0.411 e. The van der Waals surface area contributed by atoms with Crippen LogP contribution in [0, 0.1) is 0 Å². The summed E-state index contributed by atoms with van der Waals surface area (Å²) in [6.45, 7) is 1.97. The number of nitrogens with zero attached hydrogens (tertiary/aromatic N) is 2. The maximum atomic E-state index is 12.3. The molecule has 0 saturated carbocycles. The monoisotopic (exact) mass is 405 g/mol. The molecular weight excluding hydrogens is 389 g/mol. The molecule has 0 spiro atoms. The number of carbonyl (C=O) groups excluding carboxylic acids is 1. The molecule has 1 amide bonds. The first-order chi connectivity index (χ1) is 11.8. The molecule has 0 aliphatic carbocycles. The van der Waals surface area contributed by atoms with Gasteiger partial charge in [-0.25, -0.2) is 8.42 Å². The average molecular weight is 406 g/mol. The number of unbranched alkanes of at least 4 members (excludes halogenated alkanes) is 1. The van der Waals surface area contributed by atoms with Gasteiger partial charge < -0.3 is 9.73 Å². The molecule has 1 N–H and O–H groups in total. The van der Waals surface area contributed by atoms with Crippen molar-refractivity contribution in [3.63, 3.8) is 0 Å². The topological polar surface area (TPSA) is 102 Å². The highest BCUT2D eigenvalue weighted by Gasteiger charge is 2.23. The van der Waals surface area contributed by atoms with Gasteiger partial charge in [-0.05, 0) is 24.1 Å². The number of rotatable bonds is 8. The van der Waals surface area contributed by atoms with Crippen LogP contribution in [0.15, 0.2) is 27.8 Å². The van der Waals surface area contributed by atoms with E-state index in [9.17, 15) is 13.2 Å². The minimum atomic E-state index is -3.83. The lowest BCUT2D eigenvalue weighted by atomic mass is 10.2. The van der Waals surface area contributed by atoms with Crippen LogP contribution in [0.3, 0.4) is 0 Å². The summed E-state index contributed by atoms with van der Waals surface area (Å²) in [5, 5.41) is 9.89. The van der Waals surface area contributed by atoms with Crippen molar-refractivity contribution in [3.05, 3.63) is 39.7 Å². The Morgan fingerprint density at radius 3 is 2.68 bits per heavy atom. The van der Waals surface area contributed by atoms with Crippen LogP contribution in [-0.2, 0) is 26.9 Å². The number of aromatic nitrogens is 2. The van der Waals surface area contributed by atoms with Crippen molar-refractivity contribution in [2.45, 2.75) is 43.7 Å². The quantitative estimate of drug-likeness (QED) is 0.723. The number of sulfone groups is 1. The number of benzene rings is 1. The van der Waals surface area contributed by atoms with Gasteiger partial charge in [0.25, 0.3) is 0 Å². The summed E-state index contributed by atoms with van der Waals surface area (Å²) in [6, 6.07) is 4.53. The smallest absolute Gasteiger partial charge is 0.335 e. The minimum absolute atomic E-state index is 0.0160. The third-order valence-electron chi connectivity index (χ3n) is 3.25. The van der Waals surface area contributed by atoms with E-state index in [1.807, 2.05) is 6.92 Å². The van der Waals surface area contributed by atoms with E-state index in [0.29, 0.717) is 17.0 Å². The van der Waals surface area contributed by atoms with Gasteiger partial charge in [0.05, 0.1) is 22.3 Å². The Labute approximate surface area is 155 Å². The lowest BCUT2D eigenvalue weighted by molar-refractivity contribution is -0.121. The predicted octanol–water partition coefficient (Wildman–Crippen LogP) is 3.16. The molecule has 0 saturated heterocycles. The molecule has 1 heterocycles. The van der Waals surface area contributed by atoms with Crippen LogP contribution in [0.25, 0.3) is 0 Å². The van der Waals surface area contributed by atoms with Gasteiger partial charge in [0.1, 0.15) is 0 Å². The Bertz CT molecular complexity index is 852. The minimum Gasteiger partial charge on any atom is -0.411 e. The van der Waals surface area contributed by atoms with Crippen molar-refractivity contribution in [1.82, 2.24) is 15.5 Å². The van der Waals surface area contributed by atoms with E-state index in [1.165, 1.54) is 12.1 Å². The maximum Gasteiger partial charge on any atom is 0.335 e. The van der Waals surface area contributed by atoms with Crippen molar-refractivity contribution in [3.8, 4) is 0 Å². The Kier molecular flexibility index (Phi) is 6.80. The number of hydrogen-bond acceptors (Lipinski definition) is 6. The maximum absolute atomic E-state index is 12.3. The molecule has 25 heavy (non-hydrogen) atoms. The fraction of sp³-hybridized carbons (Fsp3) is 0.400. The van der Waals surface area contributed by atoms with Gasteiger partial charge in [-0.15, -0.1) is 5.10 Å². The summed E-state index contributed by atoms with van der Waals surface area (Å²) in [5.41, 5.74) is 0.446. The highest BCUT2D eigenvalue weighted by molar-refractivity contribution is 7.90. The fourth-order valence-electron chi connectivity index (χ4n) is 1.95. The number of hydrogen-bond donors (Lipinski definition) is 1. The van der Waals surface area contributed by atoms with Gasteiger partial charge in [-0.3, -0.25) is 4.79 Å². The lowest BCUT2D eigenvalue weighted by Gasteiger charge is -2.02. The van der Waals surface area contributed by atoms with Crippen molar-refractivity contribution >= 4 is 38.9 Å². The third kappa shape index (κ3) is 5.69.